The zero-order valence-corrected chi connectivity index (χ0v) is 12.6. The Morgan fingerprint density at radius 2 is 1.86 bits per heavy atom. The zero-order chi connectivity index (χ0) is 16.2. The number of primary sulfonamides is 1. The maximum Gasteiger partial charge on any atom is 0.420 e. The molecule has 2 rings (SSSR count). The van der Waals surface area contributed by atoms with Crippen LogP contribution in [-0.4, -0.2) is 38.6 Å². The molecule has 1 fully saturated rings. The van der Waals surface area contributed by atoms with Crippen LogP contribution < -0.4 is 10.5 Å². The first-order valence-electron chi connectivity index (χ1n) is 6.77. The number of carbonyl (C=O) groups is 2. The molecule has 0 atom stereocenters. The Hall–Kier alpha value is -2.13. The van der Waals surface area contributed by atoms with E-state index in [4.69, 9.17) is 5.14 Å². The van der Waals surface area contributed by atoms with Gasteiger partial charge < -0.3 is 9.64 Å². The first-order chi connectivity index (χ1) is 10.4. The van der Waals surface area contributed by atoms with Gasteiger partial charge in [0.2, 0.25) is 10.0 Å². The number of likely N-dealkylation sites (tertiary alicyclic amines) is 1. The SMILES string of the molecule is NS(=O)(=O)c1cccc(NC(=O)OC(=O)N2CCCCC2)c1. The zero-order valence-electron chi connectivity index (χ0n) is 11.8. The van der Waals surface area contributed by atoms with E-state index in [1.807, 2.05) is 0 Å². The van der Waals surface area contributed by atoms with Crippen LogP contribution in [-0.2, 0) is 14.8 Å². The molecular formula is C13H17N3O5S. The maximum atomic E-state index is 11.8. The molecule has 0 saturated carbocycles. The van der Waals surface area contributed by atoms with E-state index in [9.17, 15) is 18.0 Å². The van der Waals surface area contributed by atoms with E-state index in [-0.39, 0.29) is 10.6 Å². The number of hydrogen-bond acceptors (Lipinski definition) is 5. The van der Waals surface area contributed by atoms with Gasteiger partial charge in [0.25, 0.3) is 0 Å². The quantitative estimate of drug-likeness (QED) is 0.798. The first kappa shape index (κ1) is 16.2. The first-order valence-corrected chi connectivity index (χ1v) is 8.31. The minimum Gasteiger partial charge on any atom is -0.359 e. The smallest absolute Gasteiger partial charge is 0.359 e. The number of nitrogens with zero attached hydrogens (tertiary/aromatic N) is 1. The van der Waals surface area contributed by atoms with E-state index in [0.29, 0.717) is 13.1 Å². The molecule has 1 aromatic carbocycles. The predicted molar refractivity (Wildman–Crippen MR) is 78.7 cm³/mol. The lowest BCUT2D eigenvalue weighted by atomic mass is 10.1. The highest BCUT2D eigenvalue weighted by Gasteiger charge is 2.20. The third-order valence-electron chi connectivity index (χ3n) is 3.20. The van der Waals surface area contributed by atoms with Crippen molar-refractivity contribution in [2.24, 2.45) is 5.14 Å². The summed E-state index contributed by atoms with van der Waals surface area (Å²) in [5.41, 5.74) is 0.169. The van der Waals surface area contributed by atoms with Crippen LogP contribution in [0.1, 0.15) is 19.3 Å². The van der Waals surface area contributed by atoms with Crippen LogP contribution in [0.2, 0.25) is 0 Å². The van der Waals surface area contributed by atoms with Crippen LogP contribution in [0.15, 0.2) is 29.2 Å². The van der Waals surface area contributed by atoms with Crippen molar-refractivity contribution in [3.8, 4) is 0 Å². The Kier molecular flexibility index (Phi) is 4.99. The fourth-order valence-corrected chi connectivity index (χ4v) is 2.67. The fraction of sp³-hybridized carbons (Fsp3) is 0.385. The highest BCUT2D eigenvalue weighted by atomic mass is 32.2. The van der Waals surface area contributed by atoms with Crippen molar-refractivity contribution < 1.29 is 22.7 Å². The Bertz CT molecular complexity index is 668. The van der Waals surface area contributed by atoms with Gasteiger partial charge in [-0.15, -0.1) is 0 Å². The van der Waals surface area contributed by atoms with Crippen LogP contribution in [0.3, 0.4) is 0 Å². The van der Waals surface area contributed by atoms with Gasteiger partial charge in [0.15, 0.2) is 0 Å². The van der Waals surface area contributed by atoms with Crippen LogP contribution >= 0.6 is 0 Å². The van der Waals surface area contributed by atoms with E-state index in [2.05, 4.69) is 10.1 Å². The molecule has 0 unspecified atom stereocenters. The Balaban J connectivity index is 1.96. The van der Waals surface area contributed by atoms with Crippen molar-refractivity contribution >= 4 is 27.9 Å². The number of sulfonamides is 1. The lowest BCUT2D eigenvalue weighted by molar-refractivity contribution is 0.117. The number of piperidine rings is 1. The van der Waals surface area contributed by atoms with Crippen molar-refractivity contribution in [3.63, 3.8) is 0 Å². The monoisotopic (exact) mass is 327 g/mol. The van der Waals surface area contributed by atoms with Crippen LogP contribution in [0.5, 0.6) is 0 Å². The highest BCUT2D eigenvalue weighted by Crippen LogP contribution is 2.15. The summed E-state index contributed by atoms with van der Waals surface area (Å²) in [6.45, 7) is 1.13. The molecular weight excluding hydrogens is 310 g/mol. The number of benzene rings is 1. The summed E-state index contributed by atoms with van der Waals surface area (Å²) in [4.78, 5) is 24.7. The normalized spacial score (nSPS) is 15.2. The number of anilines is 1. The molecule has 9 heteroatoms. The van der Waals surface area contributed by atoms with Crippen molar-refractivity contribution in [1.82, 2.24) is 4.90 Å². The molecule has 8 nitrogen and oxygen atoms in total. The molecule has 1 heterocycles. The Morgan fingerprint density at radius 1 is 1.18 bits per heavy atom. The van der Waals surface area contributed by atoms with Crippen LogP contribution in [0, 0.1) is 0 Å². The van der Waals surface area contributed by atoms with Crippen LogP contribution in [0.25, 0.3) is 0 Å². The average Bonchev–Trinajstić information content (AvgIpc) is 2.47. The molecule has 120 valence electrons. The lowest BCUT2D eigenvalue weighted by Crippen LogP contribution is -2.37. The van der Waals surface area contributed by atoms with Crippen molar-refractivity contribution in [3.05, 3.63) is 24.3 Å². The largest absolute Gasteiger partial charge is 0.420 e. The van der Waals surface area contributed by atoms with Gasteiger partial charge in [-0.25, -0.2) is 23.1 Å². The molecule has 1 aromatic rings. The molecule has 1 saturated heterocycles. The number of nitrogens with two attached hydrogens (primary N) is 1. The fourth-order valence-electron chi connectivity index (χ4n) is 2.11. The van der Waals surface area contributed by atoms with Gasteiger partial charge in [-0.3, -0.25) is 5.32 Å². The van der Waals surface area contributed by atoms with Crippen molar-refractivity contribution in [1.29, 1.82) is 0 Å². The van der Waals surface area contributed by atoms with Gasteiger partial charge in [0.05, 0.1) is 4.90 Å². The summed E-state index contributed by atoms with van der Waals surface area (Å²) in [6.07, 6.45) is 1.14. The lowest BCUT2D eigenvalue weighted by Gasteiger charge is -2.25. The third-order valence-corrected chi connectivity index (χ3v) is 4.11. The summed E-state index contributed by atoms with van der Waals surface area (Å²) in [6, 6.07) is 5.36. The molecule has 0 spiro atoms. The number of ether oxygens (including phenoxy) is 1. The molecule has 2 amide bonds. The van der Waals surface area contributed by atoms with E-state index in [0.717, 1.165) is 19.3 Å². The Morgan fingerprint density at radius 3 is 2.50 bits per heavy atom. The highest BCUT2D eigenvalue weighted by molar-refractivity contribution is 7.89. The average molecular weight is 327 g/mol. The second kappa shape index (κ2) is 6.75. The molecule has 1 aliphatic rings. The molecule has 0 aromatic heterocycles. The topological polar surface area (TPSA) is 119 Å². The number of amides is 2. The molecule has 0 radical (unpaired) electrons. The Labute approximate surface area is 128 Å². The van der Waals surface area contributed by atoms with Gasteiger partial charge in [-0.05, 0) is 37.5 Å². The van der Waals surface area contributed by atoms with Crippen molar-refractivity contribution in [2.45, 2.75) is 24.2 Å². The molecule has 0 aliphatic carbocycles. The van der Waals surface area contributed by atoms with E-state index >= 15 is 0 Å². The number of carbonyl (C=O) groups excluding carboxylic acids is 2. The van der Waals surface area contributed by atoms with Gasteiger partial charge in [0.1, 0.15) is 0 Å². The summed E-state index contributed by atoms with van der Waals surface area (Å²) >= 11 is 0. The number of hydrogen-bond donors (Lipinski definition) is 2. The maximum absolute atomic E-state index is 11.8. The van der Waals surface area contributed by atoms with Crippen molar-refractivity contribution in [2.75, 3.05) is 18.4 Å². The summed E-state index contributed by atoms with van der Waals surface area (Å²) in [5, 5.41) is 7.30. The third kappa shape index (κ3) is 4.43. The minimum atomic E-state index is -3.87. The predicted octanol–water partition coefficient (Wildman–Crippen LogP) is 1.49. The second-order valence-electron chi connectivity index (χ2n) is 4.90. The van der Waals surface area contributed by atoms with E-state index in [1.165, 1.54) is 29.2 Å². The van der Waals surface area contributed by atoms with Crippen LogP contribution in [0.4, 0.5) is 15.3 Å². The minimum absolute atomic E-state index is 0.146. The van der Waals surface area contributed by atoms with E-state index < -0.39 is 22.2 Å². The number of rotatable bonds is 2. The summed E-state index contributed by atoms with van der Waals surface area (Å²) < 4.78 is 27.1. The molecule has 1 aliphatic heterocycles. The summed E-state index contributed by atoms with van der Waals surface area (Å²) in [7, 11) is -3.87. The van der Waals surface area contributed by atoms with Gasteiger partial charge in [-0.2, -0.15) is 0 Å². The molecule has 0 bridgehead atoms. The molecule has 3 N–H and O–H groups in total. The van der Waals surface area contributed by atoms with Gasteiger partial charge >= 0.3 is 12.2 Å². The standard InChI is InChI=1S/C13H17N3O5S/c14-22(19,20)11-6-4-5-10(9-11)15-12(17)21-13(18)16-7-2-1-3-8-16/h4-6,9H,1-3,7-8H2,(H,15,17)(H2,14,19,20). The second-order valence-corrected chi connectivity index (χ2v) is 6.46. The van der Waals surface area contributed by atoms with E-state index in [1.54, 1.807) is 0 Å². The van der Waals surface area contributed by atoms with Gasteiger partial charge in [0, 0.05) is 18.8 Å². The molecule has 22 heavy (non-hydrogen) atoms. The number of nitrogens with one attached hydrogen (secondary N) is 1. The van der Waals surface area contributed by atoms with Gasteiger partial charge in [-0.1, -0.05) is 6.07 Å². The summed E-state index contributed by atoms with van der Waals surface area (Å²) in [5.74, 6) is 0.